The van der Waals surface area contributed by atoms with Crippen molar-refractivity contribution in [2.24, 2.45) is 0 Å². The van der Waals surface area contributed by atoms with E-state index in [1.807, 2.05) is 0 Å². The van der Waals surface area contributed by atoms with Crippen molar-refractivity contribution >= 4 is 29.2 Å². The number of aromatic nitrogens is 2. The summed E-state index contributed by atoms with van der Waals surface area (Å²) in [7, 11) is 0. The molecule has 0 amide bonds. The van der Waals surface area contributed by atoms with E-state index in [0.29, 0.717) is 33.8 Å². The number of nitrogens with one attached hydrogen (secondary N) is 1. The molecule has 0 saturated carbocycles. The van der Waals surface area contributed by atoms with Gasteiger partial charge in [0.25, 0.3) is 0 Å². The van der Waals surface area contributed by atoms with Gasteiger partial charge in [-0.05, 0) is 31.5 Å². The molecule has 118 valence electrons. The third-order valence-electron chi connectivity index (χ3n) is 3.14. The molecule has 0 spiro atoms. The number of nitrogens with zero attached hydrogens (tertiary/aromatic N) is 2. The standard InChI is InChI=1S/C14H15Cl2N3O3/c1-3-11(14(20)21)17-7(2)12-18-19-13(22-12)8-4-5-9(15)10(16)6-8/h4-7,11,17H,3H2,1-2H3,(H,20,21)/t7?,11-/m1/s1. The molecule has 0 saturated heterocycles. The van der Waals surface area contributed by atoms with Crippen LogP contribution in [0.3, 0.4) is 0 Å². The van der Waals surface area contributed by atoms with Gasteiger partial charge in [0.1, 0.15) is 6.04 Å². The molecule has 22 heavy (non-hydrogen) atoms. The quantitative estimate of drug-likeness (QED) is 0.833. The van der Waals surface area contributed by atoms with E-state index in [9.17, 15) is 4.79 Å². The fraction of sp³-hybridized carbons (Fsp3) is 0.357. The molecule has 0 bridgehead atoms. The van der Waals surface area contributed by atoms with Crippen molar-refractivity contribution in [3.05, 3.63) is 34.1 Å². The Labute approximate surface area is 137 Å². The average Bonchev–Trinajstić information content (AvgIpc) is 2.97. The third kappa shape index (κ3) is 3.76. The maximum absolute atomic E-state index is 11.0. The maximum atomic E-state index is 11.0. The Hall–Kier alpha value is -1.63. The molecule has 8 heteroatoms. The fourth-order valence-electron chi connectivity index (χ4n) is 1.89. The number of aliphatic carboxylic acids is 1. The molecule has 2 rings (SSSR count). The Kier molecular flexibility index (Phi) is 5.39. The highest BCUT2D eigenvalue weighted by molar-refractivity contribution is 6.42. The monoisotopic (exact) mass is 343 g/mol. The number of benzene rings is 1. The number of carbonyl (C=O) groups is 1. The average molecular weight is 344 g/mol. The normalized spacial score (nSPS) is 13.8. The molecule has 1 aromatic heterocycles. The summed E-state index contributed by atoms with van der Waals surface area (Å²) in [6.07, 6.45) is 0.452. The Morgan fingerprint density at radius 3 is 2.68 bits per heavy atom. The predicted octanol–water partition coefficient (Wildman–Crippen LogP) is 3.56. The highest BCUT2D eigenvalue weighted by atomic mass is 35.5. The molecule has 0 radical (unpaired) electrons. The molecular formula is C14H15Cl2N3O3. The largest absolute Gasteiger partial charge is 0.480 e. The van der Waals surface area contributed by atoms with Gasteiger partial charge in [0.2, 0.25) is 11.8 Å². The number of rotatable bonds is 6. The summed E-state index contributed by atoms with van der Waals surface area (Å²) in [6.45, 7) is 3.55. The van der Waals surface area contributed by atoms with Gasteiger partial charge in [-0.2, -0.15) is 0 Å². The maximum Gasteiger partial charge on any atom is 0.320 e. The van der Waals surface area contributed by atoms with E-state index in [0.717, 1.165) is 0 Å². The summed E-state index contributed by atoms with van der Waals surface area (Å²) in [5.41, 5.74) is 0.644. The van der Waals surface area contributed by atoms with Crippen LogP contribution in [-0.4, -0.2) is 27.3 Å². The molecule has 1 unspecified atom stereocenters. The van der Waals surface area contributed by atoms with Crippen molar-refractivity contribution in [2.45, 2.75) is 32.4 Å². The van der Waals surface area contributed by atoms with Crippen LogP contribution in [0.5, 0.6) is 0 Å². The van der Waals surface area contributed by atoms with Crippen molar-refractivity contribution in [3.8, 4) is 11.5 Å². The van der Waals surface area contributed by atoms with Gasteiger partial charge >= 0.3 is 5.97 Å². The first-order chi connectivity index (χ1) is 10.4. The van der Waals surface area contributed by atoms with Crippen LogP contribution in [0.4, 0.5) is 0 Å². The second-order valence-corrected chi connectivity index (χ2v) is 5.58. The van der Waals surface area contributed by atoms with E-state index in [-0.39, 0.29) is 6.04 Å². The molecule has 0 aliphatic heterocycles. The number of hydrogen-bond acceptors (Lipinski definition) is 5. The Morgan fingerprint density at radius 2 is 2.09 bits per heavy atom. The van der Waals surface area contributed by atoms with Crippen LogP contribution in [0.1, 0.15) is 32.2 Å². The lowest BCUT2D eigenvalue weighted by Crippen LogP contribution is -2.37. The van der Waals surface area contributed by atoms with E-state index in [2.05, 4.69) is 15.5 Å². The first-order valence-corrected chi connectivity index (χ1v) is 7.45. The highest BCUT2D eigenvalue weighted by Crippen LogP contribution is 2.28. The van der Waals surface area contributed by atoms with Gasteiger partial charge < -0.3 is 9.52 Å². The lowest BCUT2D eigenvalue weighted by atomic mass is 10.2. The SMILES string of the molecule is CC[C@@H](NC(C)c1nnc(-c2ccc(Cl)c(Cl)c2)o1)C(=O)O. The topological polar surface area (TPSA) is 88.3 Å². The Morgan fingerprint density at radius 1 is 1.36 bits per heavy atom. The van der Waals surface area contributed by atoms with Crippen LogP contribution in [0.15, 0.2) is 22.6 Å². The molecule has 2 N–H and O–H groups in total. The number of halogens is 2. The van der Waals surface area contributed by atoms with Gasteiger partial charge in [0, 0.05) is 5.56 Å². The summed E-state index contributed by atoms with van der Waals surface area (Å²) >= 11 is 11.8. The van der Waals surface area contributed by atoms with Crippen molar-refractivity contribution < 1.29 is 14.3 Å². The Bertz CT molecular complexity index is 675. The second kappa shape index (κ2) is 7.09. The minimum Gasteiger partial charge on any atom is -0.480 e. The number of carboxylic acids is 1. The van der Waals surface area contributed by atoms with Crippen LogP contribution in [0.25, 0.3) is 11.5 Å². The van der Waals surface area contributed by atoms with Crippen LogP contribution in [-0.2, 0) is 4.79 Å². The molecule has 1 aromatic carbocycles. The van der Waals surface area contributed by atoms with E-state index in [1.165, 1.54) is 0 Å². The summed E-state index contributed by atoms with van der Waals surface area (Å²) < 4.78 is 5.57. The van der Waals surface area contributed by atoms with Gasteiger partial charge in [-0.15, -0.1) is 10.2 Å². The summed E-state index contributed by atoms with van der Waals surface area (Å²) in [5, 5.41) is 20.7. The molecule has 6 nitrogen and oxygen atoms in total. The van der Waals surface area contributed by atoms with Crippen molar-refractivity contribution in [1.82, 2.24) is 15.5 Å². The second-order valence-electron chi connectivity index (χ2n) is 4.76. The lowest BCUT2D eigenvalue weighted by Gasteiger charge is -2.15. The minimum absolute atomic E-state index is 0.297. The zero-order chi connectivity index (χ0) is 16.3. The highest BCUT2D eigenvalue weighted by Gasteiger charge is 2.22. The number of hydrogen-bond donors (Lipinski definition) is 2. The van der Waals surface area contributed by atoms with Crippen molar-refractivity contribution in [3.63, 3.8) is 0 Å². The van der Waals surface area contributed by atoms with E-state index < -0.39 is 12.0 Å². The van der Waals surface area contributed by atoms with Gasteiger partial charge in [-0.3, -0.25) is 10.1 Å². The van der Waals surface area contributed by atoms with E-state index in [1.54, 1.807) is 32.0 Å². The fourth-order valence-corrected chi connectivity index (χ4v) is 2.19. The molecule has 1 heterocycles. The van der Waals surface area contributed by atoms with Crippen molar-refractivity contribution in [2.75, 3.05) is 0 Å². The van der Waals surface area contributed by atoms with Crippen LogP contribution in [0, 0.1) is 0 Å². The zero-order valence-corrected chi connectivity index (χ0v) is 13.5. The van der Waals surface area contributed by atoms with Gasteiger partial charge in [-0.1, -0.05) is 30.1 Å². The summed E-state index contributed by atoms with van der Waals surface area (Å²) in [5.74, 6) is -0.315. The first kappa shape index (κ1) is 16.7. The van der Waals surface area contributed by atoms with Crippen molar-refractivity contribution in [1.29, 1.82) is 0 Å². The molecular weight excluding hydrogens is 329 g/mol. The minimum atomic E-state index is -0.918. The third-order valence-corrected chi connectivity index (χ3v) is 3.87. The lowest BCUT2D eigenvalue weighted by molar-refractivity contribution is -0.139. The smallest absolute Gasteiger partial charge is 0.320 e. The summed E-state index contributed by atoms with van der Waals surface area (Å²) in [6, 6.07) is 3.93. The molecule has 2 atom stereocenters. The van der Waals surface area contributed by atoms with Gasteiger partial charge in [0.15, 0.2) is 0 Å². The molecule has 0 aliphatic rings. The van der Waals surface area contributed by atoms with Crippen LogP contribution < -0.4 is 5.32 Å². The van der Waals surface area contributed by atoms with Gasteiger partial charge in [-0.25, -0.2) is 0 Å². The molecule has 0 aliphatic carbocycles. The van der Waals surface area contributed by atoms with E-state index >= 15 is 0 Å². The molecule has 2 aromatic rings. The number of carboxylic acid groups (broad SMARTS) is 1. The van der Waals surface area contributed by atoms with E-state index in [4.69, 9.17) is 32.7 Å². The summed E-state index contributed by atoms with van der Waals surface area (Å²) in [4.78, 5) is 11.0. The Balaban J connectivity index is 2.16. The predicted molar refractivity (Wildman–Crippen MR) is 83.0 cm³/mol. The van der Waals surface area contributed by atoms with Crippen LogP contribution in [0.2, 0.25) is 10.0 Å². The zero-order valence-electron chi connectivity index (χ0n) is 12.0. The molecule has 0 fully saturated rings. The van der Waals surface area contributed by atoms with Crippen LogP contribution >= 0.6 is 23.2 Å². The first-order valence-electron chi connectivity index (χ1n) is 6.70. The van der Waals surface area contributed by atoms with Gasteiger partial charge in [0.05, 0.1) is 16.1 Å².